The number of nitrogens with zero attached hydrogens (tertiary/aromatic N) is 4. The van der Waals surface area contributed by atoms with Gasteiger partial charge < -0.3 is 14.5 Å². The van der Waals surface area contributed by atoms with Gasteiger partial charge in [-0.3, -0.25) is 14.6 Å². The molecular weight excluding hydrogens is 352 g/mol. The van der Waals surface area contributed by atoms with Gasteiger partial charge >= 0.3 is 0 Å². The first-order chi connectivity index (χ1) is 13.6. The molecule has 0 aromatic heterocycles. The van der Waals surface area contributed by atoms with Gasteiger partial charge in [-0.05, 0) is 70.9 Å². The summed E-state index contributed by atoms with van der Waals surface area (Å²) in [6.07, 6.45) is 4.90. The van der Waals surface area contributed by atoms with Gasteiger partial charge in [-0.25, -0.2) is 0 Å². The quantitative estimate of drug-likeness (QED) is 0.505. The summed E-state index contributed by atoms with van der Waals surface area (Å²) < 4.78 is 5.22. The molecule has 1 atom stereocenters. The summed E-state index contributed by atoms with van der Waals surface area (Å²) in [5.41, 5.74) is 0. The predicted octanol–water partition coefficient (Wildman–Crippen LogP) is 2.00. The molecule has 2 fully saturated rings. The van der Waals surface area contributed by atoms with Crippen molar-refractivity contribution in [2.24, 2.45) is 5.92 Å². The summed E-state index contributed by atoms with van der Waals surface area (Å²) in [5.74, 6) is 0.962. The van der Waals surface area contributed by atoms with E-state index >= 15 is 0 Å². The highest BCUT2D eigenvalue weighted by Gasteiger charge is 2.30. The molecule has 0 aliphatic carbocycles. The highest BCUT2D eigenvalue weighted by molar-refractivity contribution is 5.78. The van der Waals surface area contributed by atoms with Gasteiger partial charge in [0.05, 0.1) is 13.2 Å². The van der Waals surface area contributed by atoms with Gasteiger partial charge in [-0.1, -0.05) is 20.8 Å². The molecule has 0 bridgehead atoms. The number of methoxy groups -OCH3 is 1. The van der Waals surface area contributed by atoms with Crippen molar-refractivity contribution in [1.82, 2.24) is 19.6 Å². The molecule has 0 saturated carbocycles. The third-order valence-corrected chi connectivity index (χ3v) is 6.74. The zero-order valence-corrected chi connectivity index (χ0v) is 18.9. The topological polar surface area (TPSA) is 39.3 Å². The van der Waals surface area contributed by atoms with E-state index in [-0.39, 0.29) is 0 Å². The first kappa shape index (κ1) is 23.6. The van der Waals surface area contributed by atoms with Crippen molar-refractivity contribution in [2.75, 3.05) is 79.2 Å². The van der Waals surface area contributed by atoms with E-state index in [0.29, 0.717) is 24.4 Å². The van der Waals surface area contributed by atoms with Crippen LogP contribution in [-0.4, -0.2) is 111 Å². The average molecular weight is 397 g/mol. The molecule has 164 valence electrons. The molecule has 6 heteroatoms. The van der Waals surface area contributed by atoms with Crippen molar-refractivity contribution in [3.63, 3.8) is 0 Å². The second-order valence-corrected chi connectivity index (χ2v) is 8.46. The van der Waals surface area contributed by atoms with Crippen LogP contribution in [0.4, 0.5) is 0 Å². The largest absolute Gasteiger partial charge is 0.383 e. The van der Waals surface area contributed by atoms with Gasteiger partial charge in [-0.15, -0.1) is 0 Å². The lowest BCUT2D eigenvalue weighted by molar-refractivity contribution is -0.134. The highest BCUT2D eigenvalue weighted by atomic mass is 16.5. The van der Waals surface area contributed by atoms with Crippen LogP contribution in [0.3, 0.4) is 0 Å². The van der Waals surface area contributed by atoms with Crippen molar-refractivity contribution in [3.05, 3.63) is 0 Å². The Labute approximate surface area is 173 Å². The fourth-order valence-corrected chi connectivity index (χ4v) is 4.71. The molecule has 2 rings (SSSR count). The number of carbonyl (C=O) groups excluding carboxylic acids is 1. The number of rotatable bonds is 12. The van der Waals surface area contributed by atoms with Crippen LogP contribution in [0.15, 0.2) is 0 Å². The van der Waals surface area contributed by atoms with Gasteiger partial charge in [0.2, 0.25) is 5.91 Å². The Kier molecular flexibility index (Phi) is 10.8. The number of likely N-dealkylation sites (tertiary alicyclic amines) is 2. The summed E-state index contributed by atoms with van der Waals surface area (Å²) in [7, 11) is 1.77. The fraction of sp³-hybridized carbons (Fsp3) is 0.955. The molecule has 2 saturated heterocycles. The van der Waals surface area contributed by atoms with Gasteiger partial charge in [0, 0.05) is 32.8 Å². The normalized spacial score (nSPS) is 22.2. The summed E-state index contributed by atoms with van der Waals surface area (Å²) in [6.45, 7) is 17.2. The van der Waals surface area contributed by atoms with Crippen LogP contribution in [0.5, 0.6) is 0 Å². The monoisotopic (exact) mass is 396 g/mol. The van der Waals surface area contributed by atoms with Crippen molar-refractivity contribution in [1.29, 1.82) is 0 Å². The number of carbonyl (C=O) groups is 1. The van der Waals surface area contributed by atoms with Crippen LogP contribution in [0.25, 0.3) is 0 Å². The minimum Gasteiger partial charge on any atom is -0.383 e. The molecule has 2 aliphatic rings. The van der Waals surface area contributed by atoms with Crippen LogP contribution >= 0.6 is 0 Å². The maximum Gasteiger partial charge on any atom is 0.236 e. The molecule has 2 heterocycles. The second-order valence-electron chi connectivity index (χ2n) is 8.46. The zero-order valence-electron chi connectivity index (χ0n) is 18.9. The van der Waals surface area contributed by atoms with E-state index in [1.165, 1.54) is 32.2 Å². The molecule has 0 radical (unpaired) electrons. The fourth-order valence-electron chi connectivity index (χ4n) is 4.71. The van der Waals surface area contributed by atoms with Crippen LogP contribution < -0.4 is 0 Å². The number of piperidine rings is 1. The van der Waals surface area contributed by atoms with Crippen LogP contribution in [-0.2, 0) is 9.53 Å². The summed E-state index contributed by atoms with van der Waals surface area (Å²) in [4.78, 5) is 22.7. The lowest BCUT2D eigenvalue weighted by Gasteiger charge is -2.37. The van der Waals surface area contributed by atoms with E-state index in [1.54, 1.807) is 7.11 Å². The molecule has 0 N–H and O–H groups in total. The lowest BCUT2D eigenvalue weighted by atomic mass is 9.95. The smallest absolute Gasteiger partial charge is 0.236 e. The van der Waals surface area contributed by atoms with Crippen LogP contribution in [0, 0.1) is 5.92 Å². The Bertz CT molecular complexity index is 436. The van der Waals surface area contributed by atoms with E-state index in [9.17, 15) is 4.79 Å². The molecule has 0 aromatic rings. The summed E-state index contributed by atoms with van der Waals surface area (Å²) in [5, 5.41) is 0. The molecule has 0 unspecified atom stereocenters. The van der Waals surface area contributed by atoms with Gasteiger partial charge in [-0.2, -0.15) is 0 Å². The lowest BCUT2D eigenvalue weighted by Crippen LogP contribution is -2.49. The third-order valence-electron chi connectivity index (χ3n) is 6.74. The molecule has 28 heavy (non-hydrogen) atoms. The number of likely N-dealkylation sites (N-methyl/N-ethyl adjacent to an activating group) is 2. The van der Waals surface area contributed by atoms with Crippen molar-refractivity contribution in [2.45, 2.75) is 52.5 Å². The van der Waals surface area contributed by atoms with E-state index in [4.69, 9.17) is 4.74 Å². The van der Waals surface area contributed by atoms with Gasteiger partial charge in [0.1, 0.15) is 0 Å². The van der Waals surface area contributed by atoms with E-state index < -0.39 is 0 Å². The number of amides is 1. The van der Waals surface area contributed by atoms with E-state index in [0.717, 1.165) is 59.0 Å². The molecule has 6 nitrogen and oxygen atoms in total. The first-order valence-electron chi connectivity index (χ1n) is 11.6. The standard InChI is InChI=1S/C22H44N4O2/c1-5-23(6-2)19-22(27)26(18-21-9-8-12-25(21)7-3)17-20-10-13-24(14-11-20)15-16-28-4/h20-21H,5-19H2,1-4H3/t21-/m0/s1. The molecule has 0 spiro atoms. The number of ether oxygens (including phenoxy) is 1. The Morgan fingerprint density at radius 1 is 1.04 bits per heavy atom. The van der Waals surface area contributed by atoms with Crippen LogP contribution in [0.1, 0.15) is 46.5 Å². The zero-order chi connectivity index (χ0) is 20.4. The van der Waals surface area contributed by atoms with Gasteiger partial charge in [0.15, 0.2) is 0 Å². The van der Waals surface area contributed by atoms with Crippen molar-refractivity contribution < 1.29 is 9.53 Å². The Hall–Kier alpha value is -0.690. The predicted molar refractivity (Wildman–Crippen MR) is 116 cm³/mol. The Balaban J connectivity index is 1.93. The molecule has 0 aromatic carbocycles. The van der Waals surface area contributed by atoms with Gasteiger partial charge in [0.25, 0.3) is 0 Å². The molecular formula is C22H44N4O2. The maximum absolute atomic E-state index is 13.2. The highest BCUT2D eigenvalue weighted by Crippen LogP contribution is 2.22. The van der Waals surface area contributed by atoms with E-state index in [2.05, 4.69) is 40.4 Å². The third kappa shape index (κ3) is 7.29. The SMILES string of the molecule is CCN(CC)CC(=O)N(CC1CCN(CCOC)CC1)C[C@@H]1CCCN1CC. The van der Waals surface area contributed by atoms with E-state index in [1.807, 2.05) is 0 Å². The number of hydrogen-bond acceptors (Lipinski definition) is 5. The van der Waals surface area contributed by atoms with Crippen molar-refractivity contribution >= 4 is 5.91 Å². The summed E-state index contributed by atoms with van der Waals surface area (Å²) in [6, 6.07) is 0.549. The Morgan fingerprint density at radius 2 is 1.75 bits per heavy atom. The molecule has 2 aliphatic heterocycles. The minimum absolute atomic E-state index is 0.327. The average Bonchev–Trinajstić information content (AvgIpc) is 3.18. The van der Waals surface area contributed by atoms with Crippen LogP contribution in [0.2, 0.25) is 0 Å². The Morgan fingerprint density at radius 3 is 2.36 bits per heavy atom. The number of hydrogen-bond donors (Lipinski definition) is 0. The molecule has 1 amide bonds. The van der Waals surface area contributed by atoms with Crippen molar-refractivity contribution in [3.8, 4) is 0 Å². The first-order valence-corrected chi connectivity index (χ1v) is 11.6. The minimum atomic E-state index is 0.327. The second kappa shape index (κ2) is 12.8. The maximum atomic E-state index is 13.2. The summed E-state index contributed by atoms with van der Waals surface area (Å²) >= 11 is 0.